The van der Waals surface area contributed by atoms with Crippen LogP contribution >= 0.6 is 0 Å². The first-order chi connectivity index (χ1) is 14.1. The largest absolute Gasteiger partial charge is 0.461 e. The van der Waals surface area contributed by atoms with Gasteiger partial charge in [-0.3, -0.25) is 9.36 Å². The predicted octanol–water partition coefficient (Wildman–Crippen LogP) is 3.60. The molecule has 2 heterocycles. The van der Waals surface area contributed by atoms with Crippen LogP contribution in [0, 0.1) is 11.3 Å². The molecule has 4 aromatic rings. The smallest absolute Gasteiger partial charge is 0.302 e. The molecule has 29 heavy (non-hydrogen) atoms. The number of hydrogen-bond acceptors (Lipinski definition) is 6. The molecule has 0 atom stereocenters. The number of pyridine rings is 1. The minimum Gasteiger partial charge on any atom is -0.461 e. The summed E-state index contributed by atoms with van der Waals surface area (Å²) in [6.45, 7) is 1.60. The van der Waals surface area contributed by atoms with Crippen LogP contribution in [0.25, 0.3) is 28.1 Å². The van der Waals surface area contributed by atoms with Gasteiger partial charge in [0.2, 0.25) is 0 Å². The van der Waals surface area contributed by atoms with E-state index >= 15 is 0 Å². The van der Waals surface area contributed by atoms with Crippen molar-refractivity contribution < 1.29 is 9.53 Å². The number of fused-ring (bicyclic) bond motifs is 1. The molecule has 0 bridgehead atoms. The lowest BCUT2D eigenvalue weighted by molar-refractivity contribution is -0.142. The van der Waals surface area contributed by atoms with Crippen molar-refractivity contribution in [3.05, 3.63) is 71.9 Å². The van der Waals surface area contributed by atoms with Crippen molar-refractivity contribution >= 4 is 22.8 Å². The Balaban J connectivity index is 1.88. The summed E-state index contributed by atoms with van der Waals surface area (Å²) < 4.78 is 7.02. The van der Waals surface area contributed by atoms with Gasteiger partial charge in [-0.25, -0.2) is 9.97 Å². The number of imidazole rings is 1. The first-order valence-electron chi connectivity index (χ1n) is 8.93. The number of anilines is 1. The number of aromatic nitrogens is 3. The Kier molecular flexibility index (Phi) is 4.67. The Hall–Kier alpha value is -4.18. The van der Waals surface area contributed by atoms with E-state index in [-0.39, 0.29) is 12.6 Å². The van der Waals surface area contributed by atoms with E-state index in [9.17, 15) is 10.1 Å². The van der Waals surface area contributed by atoms with Crippen LogP contribution in [0.4, 0.5) is 5.82 Å². The topological polar surface area (TPSA) is 107 Å². The van der Waals surface area contributed by atoms with Gasteiger partial charge in [-0.15, -0.1) is 0 Å². The highest BCUT2D eigenvalue weighted by Gasteiger charge is 2.17. The van der Waals surface area contributed by atoms with E-state index in [1.54, 1.807) is 24.4 Å². The third-order valence-electron chi connectivity index (χ3n) is 4.50. The Morgan fingerprint density at radius 2 is 2.00 bits per heavy atom. The zero-order valence-corrected chi connectivity index (χ0v) is 15.7. The van der Waals surface area contributed by atoms with Crippen LogP contribution in [-0.2, 0) is 16.1 Å². The Morgan fingerprint density at radius 1 is 1.21 bits per heavy atom. The molecule has 0 saturated heterocycles. The molecular weight excluding hydrogens is 366 g/mol. The zero-order valence-electron chi connectivity index (χ0n) is 15.7. The molecule has 4 rings (SSSR count). The van der Waals surface area contributed by atoms with Crippen molar-refractivity contribution in [2.45, 2.75) is 13.5 Å². The summed E-state index contributed by atoms with van der Waals surface area (Å²) in [5.74, 6) is 0.682. The Morgan fingerprint density at radius 3 is 2.69 bits per heavy atom. The molecule has 0 aliphatic carbocycles. The molecular formula is C22H17N5O2. The van der Waals surface area contributed by atoms with Crippen LogP contribution in [0.5, 0.6) is 0 Å². The predicted molar refractivity (Wildman–Crippen MR) is 109 cm³/mol. The van der Waals surface area contributed by atoms with E-state index in [0.717, 1.165) is 16.8 Å². The maximum atomic E-state index is 11.0. The van der Waals surface area contributed by atoms with E-state index in [0.29, 0.717) is 28.3 Å². The van der Waals surface area contributed by atoms with E-state index in [2.05, 4.69) is 11.1 Å². The maximum absolute atomic E-state index is 11.0. The Bertz CT molecular complexity index is 1250. The second-order valence-electron chi connectivity index (χ2n) is 6.47. The summed E-state index contributed by atoms with van der Waals surface area (Å²) in [6, 6.07) is 18.8. The minimum atomic E-state index is -0.322. The second-order valence-corrected chi connectivity index (χ2v) is 6.47. The van der Waals surface area contributed by atoms with Crippen molar-refractivity contribution in [3.63, 3.8) is 0 Å². The quantitative estimate of drug-likeness (QED) is 0.540. The summed E-state index contributed by atoms with van der Waals surface area (Å²) in [5.41, 5.74) is 10.6. The zero-order chi connectivity index (χ0) is 20.4. The van der Waals surface area contributed by atoms with Crippen molar-refractivity contribution in [3.8, 4) is 23.1 Å². The van der Waals surface area contributed by atoms with Gasteiger partial charge in [-0.2, -0.15) is 5.26 Å². The fraction of sp³-hybridized carbons (Fsp3) is 0.0909. The molecule has 2 aromatic carbocycles. The maximum Gasteiger partial charge on any atom is 0.302 e. The van der Waals surface area contributed by atoms with Gasteiger partial charge in [-0.05, 0) is 48.0 Å². The molecule has 0 spiro atoms. The van der Waals surface area contributed by atoms with Gasteiger partial charge >= 0.3 is 5.97 Å². The van der Waals surface area contributed by atoms with Crippen LogP contribution < -0.4 is 5.73 Å². The molecule has 7 nitrogen and oxygen atoms in total. The number of nitriles is 1. The highest BCUT2D eigenvalue weighted by atomic mass is 16.5. The lowest BCUT2D eigenvalue weighted by Gasteiger charge is -2.11. The number of nitrogen functional groups attached to an aromatic ring is 1. The summed E-state index contributed by atoms with van der Waals surface area (Å²) in [7, 11) is 0. The number of carbonyl (C=O) groups excluding carboxylic acids is 1. The van der Waals surface area contributed by atoms with E-state index in [4.69, 9.17) is 15.5 Å². The third-order valence-corrected chi connectivity index (χ3v) is 4.50. The summed E-state index contributed by atoms with van der Waals surface area (Å²) in [4.78, 5) is 19.9. The molecule has 2 aromatic heterocycles. The van der Waals surface area contributed by atoms with Gasteiger partial charge in [0, 0.05) is 18.8 Å². The molecule has 0 fully saturated rings. The second kappa shape index (κ2) is 7.44. The van der Waals surface area contributed by atoms with Crippen LogP contribution in [0.1, 0.15) is 18.1 Å². The third kappa shape index (κ3) is 3.51. The molecule has 2 N–H and O–H groups in total. The minimum absolute atomic E-state index is 0.216. The van der Waals surface area contributed by atoms with Crippen molar-refractivity contribution in [1.29, 1.82) is 5.26 Å². The van der Waals surface area contributed by atoms with Gasteiger partial charge in [0.05, 0.1) is 28.2 Å². The molecule has 0 aliphatic heterocycles. The normalized spacial score (nSPS) is 10.6. The first kappa shape index (κ1) is 18.2. The van der Waals surface area contributed by atoms with Crippen molar-refractivity contribution in [2.24, 2.45) is 0 Å². The monoisotopic (exact) mass is 383 g/mol. The Labute approximate surface area is 167 Å². The highest BCUT2D eigenvalue weighted by Crippen LogP contribution is 2.31. The standard InChI is InChI=1S/C22H17N5O2/c1-14(28)29-13-15-4-7-17(8-5-15)27-20-9-6-16(12-23)11-19(20)26-22(27)18-3-2-10-25-21(18)24/h2-11H,13H2,1H3,(H2,24,25). The average Bonchev–Trinajstić information content (AvgIpc) is 3.11. The number of rotatable bonds is 4. The summed E-state index contributed by atoms with van der Waals surface area (Å²) in [5, 5.41) is 9.22. The molecule has 7 heteroatoms. The number of hydrogen-bond donors (Lipinski definition) is 1. The first-order valence-corrected chi connectivity index (χ1v) is 8.93. The number of esters is 1. The van der Waals surface area contributed by atoms with Crippen molar-refractivity contribution in [2.75, 3.05) is 5.73 Å². The van der Waals surface area contributed by atoms with E-state index in [1.807, 2.05) is 41.0 Å². The number of carbonyl (C=O) groups is 1. The molecule has 0 radical (unpaired) electrons. The fourth-order valence-corrected chi connectivity index (χ4v) is 3.12. The number of nitrogens with zero attached hydrogens (tertiary/aromatic N) is 4. The van der Waals surface area contributed by atoms with Crippen molar-refractivity contribution in [1.82, 2.24) is 14.5 Å². The lowest BCUT2D eigenvalue weighted by Crippen LogP contribution is -2.02. The SMILES string of the molecule is CC(=O)OCc1ccc(-n2c(-c3cccnc3N)nc3cc(C#N)ccc32)cc1. The van der Waals surface area contributed by atoms with Gasteiger partial charge in [0.1, 0.15) is 18.2 Å². The molecule has 0 saturated carbocycles. The van der Waals surface area contributed by atoms with Crippen LogP contribution in [0.2, 0.25) is 0 Å². The van der Waals surface area contributed by atoms with E-state index in [1.165, 1.54) is 6.92 Å². The van der Waals surface area contributed by atoms with Gasteiger partial charge in [0.15, 0.2) is 0 Å². The van der Waals surface area contributed by atoms with Gasteiger partial charge in [-0.1, -0.05) is 12.1 Å². The molecule has 0 amide bonds. The molecule has 142 valence electrons. The van der Waals surface area contributed by atoms with E-state index < -0.39 is 0 Å². The number of nitrogens with two attached hydrogens (primary N) is 1. The van der Waals surface area contributed by atoms with Crippen LogP contribution in [-0.4, -0.2) is 20.5 Å². The van der Waals surface area contributed by atoms with Crippen LogP contribution in [0.15, 0.2) is 60.8 Å². The van der Waals surface area contributed by atoms with Gasteiger partial charge < -0.3 is 10.5 Å². The molecule has 0 unspecified atom stereocenters. The summed E-state index contributed by atoms with van der Waals surface area (Å²) >= 11 is 0. The van der Waals surface area contributed by atoms with Crippen LogP contribution in [0.3, 0.4) is 0 Å². The molecule has 0 aliphatic rings. The highest BCUT2D eigenvalue weighted by molar-refractivity contribution is 5.86. The summed E-state index contributed by atoms with van der Waals surface area (Å²) in [6.07, 6.45) is 1.63. The fourth-order valence-electron chi connectivity index (χ4n) is 3.12. The number of benzene rings is 2. The number of ether oxygens (including phenoxy) is 1. The average molecular weight is 383 g/mol. The van der Waals surface area contributed by atoms with Gasteiger partial charge in [0.25, 0.3) is 0 Å². The lowest BCUT2D eigenvalue weighted by atomic mass is 10.2.